The highest BCUT2D eigenvalue weighted by molar-refractivity contribution is 14.0. The van der Waals surface area contributed by atoms with Crippen molar-refractivity contribution in [3.8, 4) is 0 Å². The summed E-state index contributed by atoms with van der Waals surface area (Å²) in [6, 6.07) is 11.4. The van der Waals surface area contributed by atoms with Crippen LogP contribution in [0.1, 0.15) is 49.4 Å². The van der Waals surface area contributed by atoms with Gasteiger partial charge in [0.2, 0.25) is 0 Å². The Morgan fingerprint density at radius 2 is 1.81 bits per heavy atom. The number of aliphatic imine (C=N–C) groups is 1. The third-order valence-electron chi connectivity index (χ3n) is 5.22. The van der Waals surface area contributed by atoms with Crippen LogP contribution in [-0.2, 0) is 22.6 Å². The lowest BCUT2D eigenvalue weighted by atomic mass is 10.1. The van der Waals surface area contributed by atoms with Crippen molar-refractivity contribution in [2.75, 3.05) is 19.8 Å². The Bertz CT molecular complexity index is 859. The number of guanidine groups is 1. The van der Waals surface area contributed by atoms with Gasteiger partial charge in [0.1, 0.15) is 11.6 Å². The van der Waals surface area contributed by atoms with E-state index in [4.69, 9.17) is 9.47 Å². The lowest BCUT2D eigenvalue weighted by Crippen LogP contribution is -2.39. The molecule has 0 radical (unpaired) electrons. The molecule has 1 heterocycles. The summed E-state index contributed by atoms with van der Waals surface area (Å²) in [5.41, 5.74) is 2.58. The quantitative estimate of drug-likeness (QED) is 0.269. The van der Waals surface area contributed by atoms with E-state index in [1.165, 1.54) is 12.1 Å². The zero-order valence-electron chi connectivity index (χ0n) is 18.6. The molecule has 2 aromatic carbocycles. The van der Waals surface area contributed by atoms with Crippen molar-refractivity contribution in [1.82, 2.24) is 10.6 Å². The summed E-state index contributed by atoms with van der Waals surface area (Å²) in [7, 11) is 0. The topological polar surface area (TPSA) is 54.9 Å². The van der Waals surface area contributed by atoms with Crippen LogP contribution in [-0.4, -0.2) is 31.8 Å². The van der Waals surface area contributed by atoms with Gasteiger partial charge in [-0.25, -0.2) is 13.8 Å². The highest BCUT2D eigenvalue weighted by Crippen LogP contribution is 2.18. The van der Waals surface area contributed by atoms with Gasteiger partial charge in [0.15, 0.2) is 5.96 Å². The van der Waals surface area contributed by atoms with Crippen LogP contribution >= 0.6 is 24.0 Å². The molecule has 1 unspecified atom stereocenters. The van der Waals surface area contributed by atoms with Gasteiger partial charge in [-0.1, -0.05) is 30.3 Å². The first-order chi connectivity index (χ1) is 15.0. The standard InChI is InChI=1S/C24H31F2N3O2.HI/c1-3-27-24(29-17(2)22-9-8-20(25)14-23(22)26)28-15-18-4-6-19(7-5-18)16-31-21-10-12-30-13-11-21;/h4-9,14,17,21H,3,10-13,15-16H2,1-2H3,(H2,27,28,29);1H. The van der Waals surface area contributed by atoms with Crippen LogP contribution in [0.3, 0.4) is 0 Å². The number of halogens is 3. The fraction of sp³-hybridized carbons (Fsp3) is 0.458. The first-order valence-electron chi connectivity index (χ1n) is 10.8. The van der Waals surface area contributed by atoms with Crippen LogP contribution in [0.4, 0.5) is 8.78 Å². The minimum absolute atomic E-state index is 0. The molecule has 1 saturated heterocycles. The van der Waals surface area contributed by atoms with E-state index in [0.717, 1.165) is 43.2 Å². The zero-order valence-corrected chi connectivity index (χ0v) is 20.9. The van der Waals surface area contributed by atoms with E-state index in [9.17, 15) is 8.78 Å². The van der Waals surface area contributed by atoms with Crippen molar-refractivity contribution in [3.05, 3.63) is 70.8 Å². The molecule has 176 valence electrons. The lowest BCUT2D eigenvalue weighted by molar-refractivity contribution is -0.0390. The fourth-order valence-corrected chi connectivity index (χ4v) is 3.42. The summed E-state index contributed by atoms with van der Waals surface area (Å²) < 4.78 is 38.5. The highest BCUT2D eigenvalue weighted by atomic mass is 127. The maximum absolute atomic E-state index is 14.1. The summed E-state index contributed by atoms with van der Waals surface area (Å²) in [6.45, 7) is 7.08. The molecule has 0 aromatic heterocycles. The highest BCUT2D eigenvalue weighted by Gasteiger charge is 2.14. The van der Waals surface area contributed by atoms with E-state index >= 15 is 0 Å². The van der Waals surface area contributed by atoms with Gasteiger partial charge >= 0.3 is 0 Å². The number of benzene rings is 2. The molecule has 1 aliphatic heterocycles. The molecular weight excluding hydrogens is 527 g/mol. The second kappa shape index (κ2) is 13.7. The Morgan fingerprint density at radius 1 is 1.12 bits per heavy atom. The molecule has 0 bridgehead atoms. The van der Waals surface area contributed by atoms with Crippen LogP contribution in [0, 0.1) is 11.6 Å². The summed E-state index contributed by atoms with van der Waals surface area (Å²) in [4.78, 5) is 4.60. The van der Waals surface area contributed by atoms with Crippen LogP contribution in [0.5, 0.6) is 0 Å². The van der Waals surface area contributed by atoms with Crippen molar-refractivity contribution in [3.63, 3.8) is 0 Å². The lowest BCUT2D eigenvalue weighted by Gasteiger charge is -2.22. The van der Waals surface area contributed by atoms with E-state index in [2.05, 4.69) is 27.8 Å². The second-order valence-electron chi connectivity index (χ2n) is 7.67. The summed E-state index contributed by atoms with van der Waals surface area (Å²) >= 11 is 0. The Labute approximate surface area is 206 Å². The molecule has 0 amide bonds. The SMILES string of the molecule is CCNC(=NCc1ccc(COC2CCOCC2)cc1)NC(C)c1ccc(F)cc1F.I. The minimum atomic E-state index is -0.587. The summed E-state index contributed by atoms with van der Waals surface area (Å²) in [6.07, 6.45) is 2.18. The first-order valence-corrected chi connectivity index (χ1v) is 10.8. The molecule has 1 atom stereocenters. The predicted octanol–water partition coefficient (Wildman–Crippen LogP) is 5.09. The number of rotatable bonds is 8. The van der Waals surface area contributed by atoms with Crippen molar-refractivity contribution >= 4 is 29.9 Å². The molecule has 0 spiro atoms. The van der Waals surface area contributed by atoms with Gasteiger partial charge in [-0.2, -0.15) is 0 Å². The average Bonchev–Trinajstić information content (AvgIpc) is 2.77. The molecule has 32 heavy (non-hydrogen) atoms. The van der Waals surface area contributed by atoms with E-state index in [1.54, 1.807) is 0 Å². The molecule has 0 aliphatic carbocycles. The molecule has 1 aliphatic rings. The van der Waals surface area contributed by atoms with E-state index in [-0.39, 0.29) is 36.1 Å². The van der Waals surface area contributed by atoms with Crippen molar-refractivity contribution in [2.45, 2.75) is 52.0 Å². The van der Waals surface area contributed by atoms with Gasteiger partial charge in [-0.3, -0.25) is 0 Å². The zero-order chi connectivity index (χ0) is 22.1. The summed E-state index contributed by atoms with van der Waals surface area (Å²) in [5.74, 6) is -0.587. The van der Waals surface area contributed by atoms with Gasteiger partial charge in [0.25, 0.3) is 0 Å². The molecule has 2 aromatic rings. The molecule has 2 N–H and O–H groups in total. The maximum atomic E-state index is 14.1. The Kier molecular flexibility index (Phi) is 11.3. The molecule has 3 rings (SSSR count). The van der Waals surface area contributed by atoms with Gasteiger partial charge in [-0.15, -0.1) is 24.0 Å². The molecule has 8 heteroatoms. The number of ether oxygens (including phenoxy) is 2. The van der Waals surface area contributed by atoms with Crippen LogP contribution in [0.2, 0.25) is 0 Å². The van der Waals surface area contributed by atoms with E-state index < -0.39 is 11.6 Å². The summed E-state index contributed by atoms with van der Waals surface area (Å²) in [5, 5.41) is 6.34. The predicted molar refractivity (Wildman–Crippen MR) is 133 cm³/mol. The van der Waals surface area contributed by atoms with Crippen molar-refractivity contribution in [2.24, 2.45) is 4.99 Å². The van der Waals surface area contributed by atoms with E-state index in [0.29, 0.717) is 31.2 Å². The molecule has 0 saturated carbocycles. The third kappa shape index (κ3) is 8.29. The van der Waals surface area contributed by atoms with Crippen LogP contribution < -0.4 is 10.6 Å². The van der Waals surface area contributed by atoms with Crippen LogP contribution in [0.15, 0.2) is 47.5 Å². The number of nitrogens with one attached hydrogen (secondary N) is 2. The fourth-order valence-electron chi connectivity index (χ4n) is 3.42. The smallest absolute Gasteiger partial charge is 0.192 e. The van der Waals surface area contributed by atoms with Crippen molar-refractivity contribution in [1.29, 1.82) is 0 Å². The Morgan fingerprint density at radius 3 is 2.47 bits per heavy atom. The number of hydrogen-bond donors (Lipinski definition) is 2. The van der Waals surface area contributed by atoms with Gasteiger partial charge in [-0.05, 0) is 43.9 Å². The second-order valence-corrected chi connectivity index (χ2v) is 7.67. The van der Waals surface area contributed by atoms with E-state index in [1.807, 2.05) is 26.0 Å². The van der Waals surface area contributed by atoms with Gasteiger partial charge < -0.3 is 20.1 Å². The average molecular weight is 559 g/mol. The molecule has 1 fully saturated rings. The largest absolute Gasteiger partial charge is 0.381 e. The normalized spacial score (nSPS) is 15.7. The van der Waals surface area contributed by atoms with Crippen molar-refractivity contribution < 1.29 is 18.3 Å². The first kappa shape index (κ1) is 26.5. The van der Waals surface area contributed by atoms with Crippen LogP contribution in [0.25, 0.3) is 0 Å². The molecular formula is C24H32F2IN3O2. The number of nitrogens with zero attached hydrogens (tertiary/aromatic N) is 1. The van der Waals surface area contributed by atoms with Gasteiger partial charge in [0, 0.05) is 31.4 Å². The van der Waals surface area contributed by atoms with Gasteiger partial charge in [0.05, 0.1) is 25.3 Å². The Balaban J connectivity index is 0.00000363. The number of hydrogen-bond acceptors (Lipinski definition) is 3. The monoisotopic (exact) mass is 559 g/mol. The minimum Gasteiger partial charge on any atom is -0.381 e. The third-order valence-corrected chi connectivity index (χ3v) is 5.22. The molecule has 5 nitrogen and oxygen atoms in total. The maximum Gasteiger partial charge on any atom is 0.192 e. The Hall–Kier alpha value is -1.78.